The molecule has 3 aromatic rings. The van der Waals surface area contributed by atoms with E-state index in [0.29, 0.717) is 9.79 Å². The van der Waals surface area contributed by atoms with Gasteiger partial charge < -0.3 is 4.98 Å². The maximum Gasteiger partial charge on any atom is 0.182 e. The van der Waals surface area contributed by atoms with E-state index in [9.17, 15) is 0 Å². The van der Waals surface area contributed by atoms with Crippen molar-refractivity contribution in [2.75, 3.05) is 0 Å². The Balaban J connectivity index is 2.36. The van der Waals surface area contributed by atoms with E-state index < -0.39 is 0 Å². The zero-order chi connectivity index (χ0) is 13.6. The number of hydrogen-bond acceptors (Lipinski definition) is 1. The van der Waals surface area contributed by atoms with Gasteiger partial charge in [-0.15, -0.1) is 0 Å². The SMILES string of the molecule is S=c1[nH]c2cc(I)ccc2n1-c1ccc(Br)cc1Cl. The van der Waals surface area contributed by atoms with Gasteiger partial charge in [-0.2, -0.15) is 0 Å². The summed E-state index contributed by atoms with van der Waals surface area (Å²) in [4.78, 5) is 3.21. The molecule has 1 N–H and O–H groups in total. The average Bonchev–Trinajstić information content (AvgIpc) is 2.65. The number of halogens is 3. The molecule has 3 rings (SSSR count). The number of nitrogens with zero attached hydrogens (tertiary/aromatic N) is 1. The Morgan fingerprint density at radius 1 is 1.21 bits per heavy atom. The number of nitrogens with one attached hydrogen (secondary N) is 1. The molecule has 0 radical (unpaired) electrons. The van der Waals surface area contributed by atoms with E-state index in [4.69, 9.17) is 23.8 Å². The smallest absolute Gasteiger partial charge is 0.182 e. The molecular formula is C13H7BrClIN2S. The Kier molecular flexibility index (Phi) is 3.72. The lowest BCUT2D eigenvalue weighted by Crippen LogP contribution is -1.95. The van der Waals surface area contributed by atoms with Crippen LogP contribution in [0.2, 0.25) is 5.02 Å². The first-order valence-corrected chi connectivity index (χ1v) is 8.08. The monoisotopic (exact) mass is 464 g/mol. The van der Waals surface area contributed by atoms with Crippen LogP contribution in [-0.4, -0.2) is 9.55 Å². The molecule has 0 spiro atoms. The van der Waals surface area contributed by atoms with Crippen molar-refractivity contribution in [3.63, 3.8) is 0 Å². The van der Waals surface area contributed by atoms with Gasteiger partial charge in [0.05, 0.1) is 21.7 Å². The third kappa shape index (κ3) is 2.49. The summed E-state index contributed by atoms with van der Waals surface area (Å²) in [6.45, 7) is 0. The van der Waals surface area contributed by atoms with Crippen molar-refractivity contribution in [1.82, 2.24) is 9.55 Å². The maximum atomic E-state index is 6.31. The van der Waals surface area contributed by atoms with Crippen LogP contribution in [0, 0.1) is 8.34 Å². The van der Waals surface area contributed by atoms with E-state index in [1.165, 1.54) is 0 Å². The Hall–Kier alpha value is -0.370. The van der Waals surface area contributed by atoms with Crippen LogP contribution in [0.25, 0.3) is 16.7 Å². The lowest BCUT2D eigenvalue weighted by molar-refractivity contribution is 1.06. The summed E-state index contributed by atoms with van der Waals surface area (Å²) in [6.07, 6.45) is 0. The fraction of sp³-hybridized carbons (Fsp3) is 0. The Morgan fingerprint density at radius 2 is 2.00 bits per heavy atom. The molecule has 0 saturated carbocycles. The number of fused-ring (bicyclic) bond motifs is 1. The van der Waals surface area contributed by atoms with Gasteiger partial charge >= 0.3 is 0 Å². The van der Waals surface area contributed by atoms with Crippen LogP contribution < -0.4 is 0 Å². The largest absolute Gasteiger partial charge is 0.330 e. The Labute approximate surface area is 142 Å². The molecule has 2 nitrogen and oxygen atoms in total. The second kappa shape index (κ2) is 5.20. The summed E-state index contributed by atoms with van der Waals surface area (Å²) in [5.74, 6) is 0. The van der Waals surface area contributed by atoms with Crippen LogP contribution in [-0.2, 0) is 0 Å². The molecule has 0 atom stereocenters. The van der Waals surface area contributed by atoms with Gasteiger partial charge in [-0.1, -0.05) is 27.5 Å². The number of benzene rings is 2. The van der Waals surface area contributed by atoms with Crippen LogP contribution in [0.4, 0.5) is 0 Å². The highest BCUT2D eigenvalue weighted by Gasteiger charge is 2.10. The fourth-order valence-corrected chi connectivity index (χ4v) is 3.54. The normalized spacial score (nSPS) is 11.1. The molecule has 0 fully saturated rings. The van der Waals surface area contributed by atoms with Crippen molar-refractivity contribution in [2.24, 2.45) is 0 Å². The fourth-order valence-electron chi connectivity index (χ4n) is 1.99. The molecule has 6 heteroatoms. The molecule has 1 aromatic heterocycles. The predicted molar refractivity (Wildman–Crippen MR) is 93.9 cm³/mol. The Bertz CT molecular complexity index is 840. The zero-order valence-corrected chi connectivity index (χ0v) is 14.8. The lowest BCUT2D eigenvalue weighted by Gasteiger charge is -2.07. The molecule has 0 saturated heterocycles. The van der Waals surface area contributed by atoms with E-state index in [1.54, 1.807) is 0 Å². The second-order valence-electron chi connectivity index (χ2n) is 4.02. The predicted octanol–water partition coefficient (Wildman–Crippen LogP) is 5.71. The molecule has 1 heterocycles. The number of rotatable bonds is 1. The Morgan fingerprint density at radius 3 is 2.74 bits per heavy atom. The molecule has 0 aliphatic rings. The summed E-state index contributed by atoms with van der Waals surface area (Å²) >= 11 is 17.4. The third-order valence-corrected chi connectivity index (χ3v) is 4.55. The van der Waals surface area contributed by atoms with Gasteiger partial charge in [-0.05, 0) is 71.2 Å². The van der Waals surface area contributed by atoms with E-state index in [1.807, 2.05) is 28.8 Å². The second-order valence-corrected chi connectivity index (χ2v) is 6.98. The van der Waals surface area contributed by atoms with Crippen molar-refractivity contribution in [3.8, 4) is 5.69 Å². The molecule has 0 unspecified atom stereocenters. The van der Waals surface area contributed by atoms with E-state index in [-0.39, 0.29) is 0 Å². The van der Waals surface area contributed by atoms with E-state index in [0.717, 1.165) is 24.8 Å². The quantitative estimate of drug-likeness (QED) is 0.361. The van der Waals surface area contributed by atoms with Gasteiger partial charge in [0.25, 0.3) is 0 Å². The zero-order valence-electron chi connectivity index (χ0n) is 9.45. The first-order chi connectivity index (χ1) is 9.06. The topological polar surface area (TPSA) is 20.7 Å². The summed E-state index contributed by atoms with van der Waals surface area (Å²) < 4.78 is 4.70. The number of hydrogen-bond donors (Lipinski definition) is 1. The van der Waals surface area contributed by atoms with E-state index in [2.05, 4.69) is 55.6 Å². The summed E-state index contributed by atoms with van der Waals surface area (Å²) in [5.41, 5.74) is 2.91. The molecule has 0 amide bonds. The first kappa shape index (κ1) is 13.6. The highest BCUT2D eigenvalue weighted by molar-refractivity contribution is 14.1. The van der Waals surface area contributed by atoms with Gasteiger partial charge in [0, 0.05) is 8.04 Å². The molecule has 19 heavy (non-hydrogen) atoms. The minimum absolute atomic E-state index is 0.640. The number of aromatic amines is 1. The van der Waals surface area contributed by atoms with Crippen molar-refractivity contribution in [2.45, 2.75) is 0 Å². The highest BCUT2D eigenvalue weighted by atomic mass is 127. The molecule has 2 aromatic carbocycles. The summed E-state index contributed by atoms with van der Waals surface area (Å²) in [6, 6.07) is 11.9. The van der Waals surface area contributed by atoms with Crippen molar-refractivity contribution in [1.29, 1.82) is 0 Å². The number of imidazole rings is 1. The van der Waals surface area contributed by atoms with Gasteiger partial charge in [-0.3, -0.25) is 4.57 Å². The minimum Gasteiger partial charge on any atom is -0.330 e. The molecule has 0 aliphatic heterocycles. The summed E-state index contributed by atoms with van der Waals surface area (Å²) in [7, 11) is 0. The van der Waals surface area contributed by atoms with E-state index >= 15 is 0 Å². The van der Waals surface area contributed by atoms with Gasteiger partial charge in [-0.25, -0.2) is 0 Å². The van der Waals surface area contributed by atoms with Crippen molar-refractivity contribution >= 4 is 73.4 Å². The van der Waals surface area contributed by atoms with Crippen molar-refractivity contribution in [3.05, 3.63) is 54.2 Å². The summed E-state index contributed by atoms with van der Waals surface area (Å²) in [5, 5.41) is 0.657. The molecule has 0 bridgehead atoms. The highest BCUT2D eigenvalue weighted by Crippen LogP contribution is 2.28. The van der Waals surface area contributed by atoms with Crippen LogP contribution >= 0.6 is 62.3 Å². The minimum atomic E-state index is 0.640. The van der Waals surface area contributed by atoms with Gasteiger partial charge in [0.1, 0.15) is 0 Å². The van der Waals surface area contributed by atoms with Crippen molar-refractivity contribution < 1.29 is 0 Å². The molecular weight excluding hydrogens is 458 g/mol. The average molecular weight is 466 g/mol. The number of aromatic nitrogens is 2. The maximum absolute atomic E-state index is 6.31. The lowest BCUT2D eigenvalue weighted by atomic mass is 10.3. The molecule has 96 valence electrons. The van der Waals surface area contributed by atoms with Crippen LogP contribution in [0.1, 0.15) is 0 Å². The third-order valence-electron chi connectivity index (χ3n) is 2.79. The van der Waals surface area contributed by atoms with Crippen LogP contribution in [0.15, 0.2) is 40.9 Å². The standard InChI is InChI=1S/C13H7BrClIN2S/c14-7-1-3-11(9(15)5-7)18-12-4-2-8(16)6-10(12)17-13(18)19/h1-6H,(H,17,19). The van der Waals surface area contributed by atoms with Gasteiger partial charge in [0.15, 0.2) is 4.77 Å². The van der Waals surface area contributed by atoms with Crippen LogP contribution in [0.3, 0.4) is 0 Å². The number of H-pyrrole nitrogens is 1. The molecule has 0 aliphatic carbocycles. The van der Waals surface area contributed by atoms with Crippen LogP contribution in [0.5, 0.6) is 0 Å². The first-order valence-electron chi connectivity index (χ1n) is 5.42. The van der Waals surface area contributed by atoms with Gasteiger partial charge in [0.2, 0.25) is 0 Å².